The van der Waals surface area contributed by atoms with Gasteiger partial charge in [-0.25, -0.2) is 0 Å². The number of hydrogen-bond donors (Lipinski definition) is 1. The molecule has 3 heteroatoms. The summed E-state index contributed by atoms with van der Waals surface area (Å²) in [6.45, 7) is 4.01. The summed E-state index contributed by atoms with van der Waals surface area (Å²) in [5.41, 5.74) is 5.69. The lowest BCUT2D eigenvalue weighted by Crippen LogP contribution is -2.34. The average molecular weight is 190 g/mol. The topological polar surface area (TPSA) is 26.0 Å². The van der Waals surface area contributed by atoms with Crippen molar-refractivity contribution in [2.45, 2.75) is 25.8 Å². The monoisotopic (exact) mass is 189 g/mol. The van der Waals surface area contributed by atoms with E-state index in [1.807, 2.05) is 25.3 Å². The first-order chi connectivity index (χ1) is 4.99. The largest absolute Gasteiger partial charge is 0.325 e. The molecule has 0 aliphatic rings. The number of rotatable bonds is 2. The molecule has 0 atom stereocenters. The lowest BCUT2D eigenvalue weighted by atomic mass is 10.0. The molecule has 0 aliphatic heterocycles. The van der Waals surface area contributed by atoms with Crippen LogP contribution in [0.5, 0.6) is 0 Å². The van der Waals surface area contributed by atoms with Crippen LogP contribution in [-0.2, 0) is 6.42 Å². The lowest BCUT2D eigenvalue weighted by Gasteiger charge is -2.16. The Kier molecular flexibility index (Phi) is 2.58. The molecule has 0 bridgehead atoms. The SMILES string of the molecule is CC(C)(N)Cc1sccc1Cl. The molecule has 62 valence electrons. The van der Waals surface area contributed by atoms with Gasteiger partial charge in [0, 0.05) is 16.8 Å². The number of hydrogen-bond acceptors (Lipinski definition) is 2. The van der Waals surface area contributed by atoms with Crippen LogP contribution in [0.1, 0.15) is 18.7 Å². The van der Waals surface area contributed by atoms with E-state index in [0.29, 0.717) is 0 Å². The first kappa shape index (κ1) is 9.04. The molecule has 0 spiro atoms. The minimum Gasteiger partial charge on any atom is -0.325 e. The molecule has 0 saturated carbocycles. The highest BCUT2D eigenvalue weighted by atomic mass is 35.5. The summed E-state index contributed by atoms with van der Waals surface area (Å²) in [6.07, 6.45) is 0.851. The van der Waals surface area contributed by atoms with E-state index in [1.165, 1.54) is 4.88 Å². The molecule has 0 fully saturated rings. The summed E-state index contributed by atoms with van der Waals surface area (Å²) < 4.78 is 0. The second-order valence-electron chi connectivity index (χ2n) is 3.36. The van der Waals surface area contributed by atoms with Crippen LogP contribution in [0.2, 0.25) is 5.02 Å². The number of thiophene rings is 1. The molecule has 0 aromatic carbocycles. The Morgan fingerprint density at radius 1 is 1.64 bits per heavy atom. The van der Waals surface area contributed by atoms with E-state index < -0.39 is 0 Å². The summed E-state index contributed by atoms with van der Waals surface area (Å²) in [6, 6.07) is 1.91. The molecule has 0 amide bonds. The van der Waals surface area contributed by atoms with Gasteiger partial charge in [-0.3, -0.25) is 0 Å². The highest BCUT2D eigenvalue weighted by molar-refractivity contribution is 7.10. The van der Waals surface area contributed by atoms with Crippen LogP contribution in [0.15, 0.2) is 11.4 Å². The molecular weight excluding hydrogens is 178 g/mol. The molecule has 0 aliphatic carbocycles. The van der Waals surface area contributed by atoms with E-state index >= 15 is 0 Å². The maximum atomic E-state index is 5.90. The Labute approximate surface area is 76.2 Å². The third-order valence-electron chi connectivity index (χ3n) is 1.31. The minimum absolute atomic E-state index is 0.158. The van der Waals surface area contributed by atoms with Crippen molar-refractivity contribution in [1.29, 1.82) is 0 Å². The Morgan fingerprint density at radius 3 is 2.64 bits per heavy atom. The van der Waals surface area contributed by atoms with Gasteiger partial charge < -0.3 is 5.73 Å². The molecule has 0 unspecified atom stereocenters. The van der Waals surface area contributed by atoms with Crippen molar-refractivity contribution >= 4 is 22.9 Å². The van der Waals surface area contributed by atoms with Gasteiger partial charge in [-0.15, -0.1) is 11.3 Å². The van der Waals surface area contributed by atoms with E-state index in [4.69, 9.17) is 17.3 Å². The standard InChI is InChI=1S/C8H12ClNS/c1-8(2,10)5-7-6(9)3-4-11-7/h3-4H,5,10H2,1-2H3. The van der Waals surface area contributed by atoms with E-state index in [9.17, 15) is 0 Å². The fraction of sp³-hybridized carbons (Fsp3) is 0.500. The van der Waals surface area contributed by atoms with Crippen LogP contribution in [0.25, 0.3) is 0 Å². The first-order valence-electron chi connectivity index (χ1n) is 3.50. The summed E-state index contributed by atoms with van der Waals surface area (Å²) >= 11 is 7.57. The Morgan fingerprint density at radius 2 is 2.27 bits per heavy atom. The van der Waals surface area contributed by atoms with Gasteiger partial charge in [0.05, 0.1) is 5.02 Å². The number of halogens is 1. The number of nitrogens with two attached hydrogens (primary N) is 1. The second-order valence-corrected chi connectivity index (χ2v) is 4.76. The predicted octanol–water partition coefficient (Wildman–Crippen LogP) is 2.68. The molecule has 1 rings (SSSR count). The average Bonchev–Trinajstić information content (AvgIpc) is 2.12. The van der Waals surface area contributed by atoms with Gasteiger partial charge in [0.2, 0.25) is 0 Å². The van der Waals surface area contributed by atoms with Gasteiger partial charge in [-0.05, 0) is 25.3 Å². The van der Waals surface area contributed by atoms with Gasteiger partial charge in [0.25, 0.3) is 0 Å². The highest BCUT2D eigenvalue weighted by Gasteiger charge is 2.14. The van der Waals surface area contributed by atoms with Crippen molar-refractivity contribution in [3.8, 4) is 0 Å². The molecule has 0 radical (unpaired) electrons. The zero-order valence-electron chi connectivity index (χ0n) is 6.73. The molecule has 1 nitrogen and oxygen atoms in total. The van der Waals surface area contributed by atoms with Gasteiger partial charge >= 0.3 is 0 Å². The van der Waals surface area contributed by atoms with Crippen molar-refractivity contribution in [2.75, 3.05) is 0 Å². The van der Waals surface area contributed by atoms with Crippen molar-refractivity contribution in [2.24, 2.45) is 5.73 Å². The third kappa shape index (κ3) is 2.81. The van der Waals surface area contributed by atoms with Crippen molar-refractivity contribution in [1.82, 2.24) is 0 Å². The summed E-state index contributed by atoms with van der Waals surface area (Å²) in [4.78, 5) is 1.18. The summed E-state index contributed by atoms with van der Waals surface area (Å²) in [5.74, 6) is 0. The van der Waals surface area contributed by atoms with Crippen LogP contribution in [0, 0.1) is 0 Å². The maximum absolute atomic E-state index is 5.90. The fourth-order valence-corrected chi connectivity index (χ4v) is 2.21. The summed E-state index contributed by atoms with van der Waals surface area (Å²) in [7, 11) is 0. The maximum Gasteiger partial charge on any atom is 0.0545 e. The van der Waals surface area contributed by atoms with Gasteiger partial charge in [0.1, 0.15) is 0 Å². The molecule has 2 N–H and O–H groups in total. The molecule has 0 saturated heterocycles. The van der Waals surface area contributed by atoms with Crippen LogP contribution >= 0.6 is 22.9 Å². The summed E-state index contributed by atoms with van der Waals surface area (Å²) in [5, 5.41) is 2.83. The van der Waals surface area contributed by atoms with Gasteiger partial charge in [0.15, 0.2) is 0 Å². The smallest absolute Gasteiger partial charge is 0.0545 e. The molecular formula is C8H12ClNS. The van der Waals surface area contributed by atoms with Gasteiger partial charge in [-0.1, -0.05) is 11.6 Å². The zero-order valence-corrected chi connectivity index (χ0v) is 8.30. The molecule has 1 heterocycles. The Bertz CT molecular complexity index is 236. The Balaban J connectivity index is 2.72. The molecule has 1 aromatic rings. The van der Waals surface area contributed by atoms with E-state index in [1.54, 1.807) is 11.3 Å². The molecule has 11 heavy (non-hydrogen) atoms. The van der Waals surface area contributed by atoms with Crippen LogP contribution in [0.3, 0.4) is 0 Å². The zero-order chi connectivity index (χ0) is 8.48. The minimum atomic E-state index is -0.158. The van der Waals surface area contributed by atoms with E-state index in [2.05, 4.69) is 0 Å². The van der Waals surface area contributed by atoms with Crippen molar-refractivity contribution in [3.63, 3.8) is 0 Å². The lowest BCUT2D eigenvalue weighted by molar-refractivity contribution is 0.521. The van der Waals surface area contributed by atoms with Crippen molar-refractivity contribution in [3.05, 3.63) is 21.3 Å². The van der Waals surface area contributed by atoms with E-state index in [0.717, 1.165) is 11.4 Å². The third-order valence-corrected chi connectivity index (χ3v) is 2.69. The van der Waals surface area contributed by atoms with E-state index in [-0.39, 0.29) is 5.54 Å². The van der Waals surface area contributed by atoms with Crippen LogP contribution in [-0.4, -0.2) is 5.54 Å². The highest BCUT2D eigenvalue weighted by Crippen LogP contribution is 2.25. The normalized spacial score (nSPS) is 12.0. The molecule has 1 aromatic heterocycles. The van der Waals surface area contributed by atoms with Gasteiger partial charge in [-0.2, -0.15) is 0 Å². The van der Waals surface area contributed by atoms with Crippen molar-refractivity contribution < 1.29 is 0 Å². The first-order valence-corrected chi connectivity index (χ1v) is 4.75. The van der Waals surface area contributed by atoms with Crippen LogP contribution < -0.4 is 5.73 Å². The second kappa shape index (κ2) is 3.13. The quantitative estimate of drug-likeness (QED) is 0.761. The Hall–Kier alpha value is -0.0500. The van der Waals surface area contributed by atoms with Crippen LogP contribution in [0.4, 0.5) is 0 Å². The predicted molar refractivity (Wildman–Crippen MR) is 51.3 cm³/mol. The fourth-order valence-electron chi connectivity index (χ4n) is 0.865.